The van der Waals surface area contributed by atoms with Crippen LogP contribution in [0.5, 0.6) is 0 Å². The van der Waals surface area contributed by atoms with Crippen molar-refractivity contribution in [1.82, 2.24) is 0 Å². The third kappa shape index (κ3) is 8.22. The van der Waals surface area contributed by atoms with Gasteiger partial charge in [-0.05, 0) is 27.7 Å². The summed E-state index contributed by atoms with van der Waals surface area (Å²) in [5, 5.41) is 0. The molecular formula is C10H22O3. The molecule has 0 aromatic heterocycles. The zero-order chi connectivity index (χ0) is 10.1. The second-order valence-electron chi connectivity index (χ2n) is 3.12. The molecule has 0 heterocycles. The van der Waals surface area contributed by atoms with Crippen LogP contribution in [-0.4, -0.2) is 38.6 Å². The lowest BCUT2D eigenvalue weighted by molar-refractivity contribution is -0.0666. The molecule has 0 N–H and O–H groups in total. The molecule has 0 aromatic rings. The molecule has 0 rings (SSSR count). The quantitative estimate of drug-likeness (QED) is 0.584. The molecular weight excluding hydrogens is 168 g/mol. The molecule has 0 aliphatic heterocycles. The topological polar surface area (TPSA) is 27.7 Å². The largest absolute Gasteiger partial charge is 0.379 e. The smallest absolute Gasteiger partial charge is 0.104 e. The van der Waals surface area contributed by atoms with E-state index in [1.54, 1.807) is 0 Å². The summed E-state index contributed by atoms with van der Waals surface area (Å²) in [5.41, 5.74) is 0. The highest BCUT2D eigenvalue weighted by atomic mass is 16.6. The Morgan fingerprint density at radius 2 is 1.62 bits per heavy atom. The van der Waals surface area contributed by atoms with Crippen molar-refractivity contribution in [2.45, 2.75) is 39.9 Å². The fourth-order valence-electron chi connectivity index (χ4n) is 0.929. The zero-order valence-corrected chi connectivity index (χ0v) is 9.21. The van der Waals surface area contributed by atoms with Gasteiger partial charge in [-0.15, -0.1) is 0 Å². The van der Waals surface area contributed by atoms with Gasteiger partial charge in [0.05, 0.1) is 19.3 Å². The molecule has 0 amide bonds. The zero-order valence-electron chi connectivity index (χ0n) is 9.21. The Hall–Kier alpha value is -0.120. The van der Waals surface area contributed by atoms with Crippen LogP contribution in [0.2, 0.25) is 0 Å². The van der Waals surface area contributed by atoms with Gasteiger partial charge in [0.15, 0.2) is 0 Å². The van der Waals surface area contributed by atoms with E-state index in [4.69, 9.17) is 14.2 Å². The Labute approximate surface area is 81.4 Å². The molecule has 0 bridgehead atoms. The van der Waals surface area contributed by atoms with Crippen molar-refractivity contribution in [3.8, 4) is 0 Å². The summed E-state index contributed by atoms with van der Waals surface area (Å²) in [7, 11) is 0. The number of hydrogen-bond donors (Lipinski definition) is 0. The predicted molar refractivity (Wildman–Crippen MR) is 53.0 cm³/mol. The van der Waals surface area contributed by atoms with E-state index in [1.807, 2.05) is 27.7 Å². The minimum atomic E-state index is 0.0762. The Balaban J connectivity index is 3.53. The maximum Gasteiger partial charge on any atom is 0.104 e. The molecule has 1 atom stereocenters. The first-order valence-corrected chi connectivity index (χ1v) is 5.01. The first-order chi connectivity index (χ1) is 6.20. The second kappa shape index (κ2) is 8.48. The summed E-state index contributed by atoms with van der Waals surface area (Å²) in [5.74, 6) is 0. The van der Waals surface area contributed by atoms with Crippen LogP contribution in [0.4, 0.5) is 0 Å². The van der Waals surface area contributed by atoms with E-state index in [-0.39, 0.29) is 12.2 Å². The van der Waals surface area contributed by atoms with Gasteiger partial charge in [-0.3, -0.25) is 0 Å². The molecule has 0 fully saturated rings. The summed E-state index contributed by atoms with van der Waals surface area (Å²) in [6, 6.07) is 0. The van der Waals surface area contributed by atoms with Crippen LogP contribution in [0.25, 0.3) is 0 Å². The van der Waals surface area contributed by atoms with Gasteiger partial charge in [0.2, 0.25) is 0 Å². The SMILES string of the molecule is CCOC[C@H](COC(C)C)OCC. The minimum Gasteiger partial charge on any atom is -0.379 e. The first kappa shape index (κ1) is 12.9. The van der Waals surface area contributed by atoms with Crippen molar-refractivity contribution in [3.63, 3.8) is 0 Å². The lowest BCUT2D eigenvalue weighted by Crippen LogP contribution is -2.27. The number of rotatable bonds is 8. The van der Waals surface area contributed by atoms with Gasteiger partial charge in [0.1, 0.15) is 6.10 Å². The molecule has 80 valence electrons. The average molecular weight is 190 g/mol. The van der Waals surface area contributed by atoms with Gasteiger partial charge in [0, 0.05) is 13.2 Å². The number of hydrogen-bond acceptors (Lipinski definition) is 3. The molecule has 0 aliphatic rings. The van der Waals surface area contributed by atoms with Crippen molar-refractivity contribution >= 4 is 0 Å². The highest BCUT2D eigenvalue weighted by Crippen LogP contribution is 1.98. The highest BCUT2D eigenvalue weighted by molar-refractivity contribution is 4.55. The fraction of sp³-hybridized carbons (Fsp3) is 1.00. The predicted octanol–water partition coefficient (Wildman–Crippen LogP) is 1.85. The van der Waals surface area contributed by atoms with Crippen LogP contribution in [0, 0.1) is 0 Å². The van der Waals surface area contributed by atoms with Crippen LogP contribution in [0.1, 0.15) is 27.7 Å². The van der Waals surface area contributed by atoms with Crippen LogP contribution < -0.4 is 0 Å². The van der Waals surface area contributed by atoms with Crippen LogP contribution in [-0.2, 0) is 14.2 Å². The Morgan fingerprint density at radius 3 is 2.08 bits per heavy atom. The van der Waals surface area contributed by atoms with E-state index >= 15 is 0 Å². The van der Waals surface area contributed by atoms with Crippen molar-refractivity contribution in [3.05, 3.63) is 0 Å². The third-order valence-corrected chi connectivity index (χ3v) is 1.53. The van der Waals surface area contributed by atoms with Gasteiger partial charge in [0.25, 0.3) is 0 Å². The highest BCUT2D eigenvalue weighted by Gasteiger charge is 2.09. The van der Waals surface area contributed by atoms with Gasteiger partial charge in [-0.1, -0.05) is 0 Å². The van der Waals surface area contributed by atoms with Crippen molar-refractivity contribution < 1.29 is 14.2 Å². The average Bonchev–Trinajstić information content (AvgIpc) is 2.09. The maximum atomic E-state index is 5.45. The fourth-order valence-corrected chi connectivity index (χ4v) is 0.929. The van der Waals surface area contributed by atoms with Gasteiger partial charge in [-0.2, -0.15) is 0 Å². The molecule has 0 radical (unpaired) electrons. The number of ether oxygens (including phenoxy) is 3. The maximum absolute atomic E-state index is 5.45. The van der Waals surface area contributed by atoms with E-state index in [0.717, 1.165) is 6.61 Å². The second-order valence-corrected chi connectivity index (χ2v) is 3.12. The normalized spacial score (nSPS) is 13.6. The lowest BCUT2D eigenvalue weighted by Gasteiger charge is -2.18. The monoisotopic (exact) mass is 190 g/mol. The van der Waals surface area contributed by atoms with Gasteiger partial charge < -0.3 is 14.2 Å². The van der Waals surface area contributed by atoms with Crippen LogP contribution in [0.3, 0.4) is 0 Å². The minimum absolute atomic E-state index is 0.0762. The molecule has 0 aromatic carbocycles. The van der Waals surface area contributed by atoms with E-state index < -0.39 is 0 Å². The van der Waals surface area contributed by atoms with Crippen molar-refractivity contribution in [2.24, 2.45) is 0 Å². The molecule has 0 saturated carbocycles. The van der Waals surface area contributed by atoms with Crippen molar-refractivity contribution in [2.75, 3.05) is 26.4 Å². The first-order valence-electron chi connectivity index (χ1n) is 5.01. The molecule has 3 heteroatoms. The summed E-state index contributed by atoms with van der Waals surface area (Å²) >= 11 is 0. The Kier molecular flexibility index (Phi) is 8.40. The molecule has 13 heavy (non-hydrogen) atoms. The van der Waals surface area contributed by atoms with Gasteiger partial charge in [-0.25, -0.2) is 0 Å². The molecule has 0 saturated heterocycles. The van der Waals surface area contributed by atoms with Crippen LogP contribution >= 0.6 is 0 Å². The van der Waals surface area contributed by atoms with E-state index in [1.165, 1.54) is 0 Å². The van der Waals surface area contributed by atoms with Gasteiger partial charge >= 0.3 is 0 Å². The molecule has 0 unspecified atom stereocenters. The van der Waals surface area contributed by atoms with Crippen molar-refractivity contribution in [1.29, 1.82) is 0 Å². The van der Waals surface area contributed by atoms with E-state index in [9.17, 15) is 0 Å². The molecule has 0 spiro atoms. The summed E-state index contributed by atoms with van der Waals surface area (Å²) < 4.78 is 16.2. The third-order valence-electron chi connectivity index (χ3n) is 1.53. The van der Waals surface area contributed by atoms with E-state index in [2.05, 4.69) is 0 Å². The Bertz CT molecular complexity index is 104. The standard InChI is InChI=1S/C10H22O3/c1-5-11-7-10(12-6-2)8-13-9(3)4/h9-10H,5-8H2,1-4H3/t10-/m1/s1. The molecule has 3 nitrogen and oxygen atoms in total. The van der Waals surface area contributed by atoms with E-state index in [0.29, 0.717) is 19.8 Å². The van der Waals surface area contributed by atoms with Crippen LogP contribution in [0.15, 0.2) is 0 Å². The molecule has 0 aliphatic carbocycles. The summed E-state index contributed by atoms with van der Waals surface area (Å²) in [6.07, 6.45) is 0.330. The Morgan fingerprint density at radius 1 is 0.923 bits per heavy atom. The summed E-state index contributed by atoms with van der Waals surface area (Å²) in [4.78, 5) is 0. The summed E-state index contributed by atoms with van der Waals surface area (Å²) in [6.45, 7) is 10.7. The lowest BCUT2D eigenvalue weighted by atomic mass is 10.4.